The number of nitrogens with one attached hydrogen (secondary N) is 1. The van der Waals surface area contributed by atoms with Crippen LogP contribution in [0.1, 0.15) is 32.8 Å². The van der Waals surface area contributed by atoms with E-state index >= 15 is 0 Å². The molecule has 4 heteroatoms. The van der Waals surface area contributed by atoms with Crippen LogP contribution in [-0.2, 0) is 4.74 Å². The van der Waals surface area contributed by atoms with Crippen molar-refractivity contribution in [3.05, 3.63) is 29.8 Å². The van der Waals surface area contributed by atoms with Crippen molar-refractivity contribution in [2.24, 2.45) is 11.7 Å². The summed E-state index contributed by atoms with van der Waals surface area (Å²) in [5, 5.41) is 7.29. The van der Waals surface area contributed by atoms with Crippen molar-refractivity contribution in [1.29, 1.82) is 5.41 Å². The SMILES string of the molecule is CC(C)CC(C)OCCOc1ccc(C(=N)N)cc1. The highest BCUT2D eigenvalue weighted by Gasteiger charge is 2.05. The summed E-state index contributed by atoms with van der Waals surface area (Å²) in [5.74, 6) is 1.48. The van der Waals surface area contributed by atoms with E-state index in [1.807, 2.05) is 12.1 Å². The Morgan fingerprint density at radius 1 is 1.16 bits per heavy atom. The Morgan fingerprint density at radius 3 is 2.32 bits per heavy atom. The molecule has 19 heavy (non-hydrogen) atoms. The molecule has 0 saturated heterocycles. The molecule has 0 aliphatic carbocycles. The first kappa shape index (κ1) is 15.5. The highest BCUT2D eigenvalue weighted by molar-refractivity contribution is 5.94. The molecule has 1 atom stereocenters. The third-order valence-corrected chi connectivity index (χ3v) is 2.72. The number of benzene rings is 1. The van der Waals surface area contributed by atoms with Gasteiger partial charge in [0, 0.05) is 5.56 Å². The zero-order valence-corrected chi connectivity index (χ0v) is 12.0. The standard InChI is InChI=1S/C15H24N2O2/c1-11(2)10-12(3)18-8-9-19-14-6-4-13(5-7-14)15(16)17/h4-7,11-12H,8-10H2,1-3H3,(H3,16,17). The molecule has 0 amide bonds. The number of amidine groups is 1. The van der Waals surface area contributed by atoms with Gasteiger partial charge in [0.2, 0.25) is 0 Å². The molecule has 0 fully saturated rings. The van der Waals surface area contributed by atoms with Crippen molar-refractivity contribution in [3.63, 3.8) is 0 Å². The van der Waals surface area contributed by atoms with E-state index in [0.29, 0.717) is 24.7 Å². The first-order chi connectivity index (χ1) is 8.99. The van der Waals surface area contributed by atoms with Crippen LogP contribution in [0.15, 0.2) is 24.3 Å². The molecule has 0 aromatic heterocycles. The number of rotatable bonds is 8. The lowest BCUT2D eigenvalue weighted by molar-refractivity contribution is 0.0331. The van der Waals surface area contributed by atoms with Crippen LogP contribution in [0.25, 0.3) is 0 Å². The summed E-state index contributed by atoms with van der Waals surface area (Å²) in [6.45, 7) is 7.58. The van der Waals surface area contributed by atoms with Gasteiger partial charge in [-0.05, 0) is 43.5 Å². The second kappa shape index (κ2) is 7.79. The lowest BCUT2D eigenvalue weighted by Crippen LogP contribution is -2.16. The molecule has 0 saturated carbocycles. The molecule has 0 bridgehead atoms. The zero-order chi connectivity index (χ0) is 14.3. The molecule has 0 spiro atoms. The summed E-state index contributed by atoms with van der Waals surface area (Å²) >= 11 is 0. The van der Waals surface area contributed by atoms with Crippen LogP contribution in [0.5, 0.6) is 5.75 Å². The molecule has 3 N–H and O–H groups in total. The maximum atomic E-state index is 7.29. The molecule has 1 unspecified atom stereocenters. The molecule has 4 nitrogen and oxygen atoms in total. The molecule has 1 aromatic rings. The molecule has 0 aliphatic heterocycles. The minimum Gasteiger partial charge on any atom is -0.491 e. The van der Waals surface area contributed by atoms with Gasteiger partial charge in [0.1, 0.15) is 18.2 Å². The smallest absolute Gasteiger partial charge is 0.122 e. The predicted octanol–water partition coefficient (Wildman–Crippen LogP) is 2.80. The molecule has 0 radical (unpaired) electrons. The van der Waals surface area contributed by atoms with Crippen LogP contribution >= 0.6 is 0 Å². The van der Waals surface area contributed by atoms with Crippen LogP contribution < -0.4 is 10.5 Å². The Hall–Kier alpha value is -1.55. The second-order valence-electron chi connectivity index (χ2n) is 5.10. The summed E-state index contributed by atoms with van der Waals surface area (Å²) in [5.41, 5.74) is 6.08. The topological polar surface area (TPSA) is 68.3 Å². The summed E-state index contributed by atoms with van der Waals surface area (Å²) in [7, 11) is 0. The molecule has 0 aliphatic rings. The minimum absolute atomic E-state index is 0.0670. The van der Waals surface area contributed by atoms with Gasteiger partial charge in [-0.3, -0.25) is 5.41 Å². The van der Waals surface area contributed by atoms with Crippen molar-refractivity contribution in [3.8, 4) is 5.75 Å². The van der Waals surface area contributed by atoms with Crippen molar-refractivity contribution in [2.75, 3.05) is 13.2 Å². The Labute approximate surface area is 115 Å². The van der Waals surface area contributed by atoms with E-state index in [2.05, 4.69) is 20.8 Å². The molecule has 106 valence electrons. The predicted molar refractivity (Wildman–Crippen MR) is 77.8 cm³/mol. The average molecular weight is 264 g/mol. The van der Waals surface area contributed by atoms with Gasteiger partial charge in [0.05, 0.1) is 12.7 Å². The maximum absolute atomic E-state index is 7.29. The number of ether oxygens (including phenoxy) is 2. The van der Waals surface area contributed by atoms with E-state index in [1.165, 1.54) is 0 Å². The zero-order valence-electron chi connectivity index (χ0n) is 12.0. The summed E-state index contributed by atoms with van der Waals surface area (Å²) in [6, 6.07) is 7.18. The average Bonchev–Trinajstić information content (AvgIpc) is 2.34. The van der Waals surface area contributed by atoms with Crippen LogP contribution in [0, 0.1) is 11.3 Å². The minimum atomic E-state index is 0.0670. The second-order valence-corrected chi connectivity index (χ2v) is 5.10. The van der Waals surface area contributed by atoms with Gasteiger partial charge in [-0.2, -0.15) is 0 Å². The van der Waals surface area contributed by atoms with Gasteiger partial charge < -0.3 is 15.2 Å². The fourth-order valence-corrected chi connectivity index (χ4v) is 1.87. The van der Waals surface area contributed by atoms with E-state index in [0.717, 1.165) is 12.2 Å². The van der Waals surface area contributed by atoms with E-state index in [-0.39, 0.29) is 11.9 Å². The maximum Gasteiger partial charge on any atom is 0.122 e. The molecule has 1 rings (SSSR count). The van der Waals surface area contributed by atoms with E-state index < -0.39 is 0 Å². The largest absolute Gasteiger partial charge is 0.491 e. The Morgan fingerprint density at radius 2 is 1.79 bits per heavy atom. The van der Waals surface area contributed by atoms with Crippen molar-refractivity contribution in [2.45, 2.75) is 33.3 Å². The fraction of sp³-hybridized carbons (Fsp3) is 0.533. The summed E-state index contributed by atoms with van der Waals surface area (Å²) in [4.78, 5) is 0. The van der Waals surface area contributed by atoms with Crippen molar-refractivity contribution in [1.82, 2.24) is 0 Å². The highest BCUT2D eigenvalue weighted by atomic mass is 16.5. The van der Waals surface area contributed by atoms with Gasteiger partial charge in [0.25, 0.3) is 0 Å². The van der Waals surface area contributed by atoms with E-state index in [1.54, 1.807) is 12.1 Å². The van der Waals surface area contributed by atoms with Crippen LogP contribution in [0.3, 0.4) is 0 Å². The first-order valence-electron chi connectivity index (χ1n) is 6.68. The lowest BCUT2D eigenvalue weighted by Gasteiger charge is -2.15. The van der Waals surface area contributed by atoms with Gasteiger partial charge in [-0.25, -0.2) is 0 Å². The van der Waals surface area contributed by atoms with E-state index in [4.69, 9.17) is 20.6 Å². The summed E-state index contributed by atoms with van der Waals surface area (Å²) in [6.07, 6.45) is 1.33. The highest BCUT2D eigenvalue weighted by Crippen LogP contribution is 2.12. The van der Waals surface area contributed by atoms with Crippen molar-refractivity contribution >= 4 is 5.84 Å². The number of hydrogen-bond acceptors (Lipinski definition) is 3. The third-order valence-electron chi connectivity index (χ3n) is 2.72. The summed E-state index contributed by atoms with van der Waals surface area (Å²) < 4.78 is 11.2. The Kier molecular flexibility index (Phi) is 6.36. The van der Waals surface area contributed by atoms with Gasteiger partial charge in [-0.1, -0.05) is 13.8 Å². The molecule has 0 heterocycles. The quantitative estimate of drug-likeness (QED) is 0.431. The molecular formula is C15H24N2O2. The number of nitrogens with two attached hydrogens (primary N) is 1. The van der Waals surface area contributed by atoms with Gasteiger partial charge in [0.15, 0.2) is 0 Å². The third kappa shape index (κ3) is 6.25. The normalized spacial score (nSPS) is 12.4. The van der Waals surface area contributed by atoms with Crippen LogP contribution in [-0.4, -0.2) is 25.2 Å². The number of nitrogen functional groups attached to an aromatic ring is 1. The molecule has 1 aromatic carbocycles. The Balaban J connectivity index is 2.24. The molecular weight excluding hydrogens is 240 g/mol. The fourth-order valence-electron chi connectivity index (χ4n) is 1.87. The van der Waals surface area contributed by atoms with E-state index in [9.17, 15) is 0 Å². The first-order valence-corrected chi connectivity index (χ1v) is 6.68. The number of hydrogen-bond donors (Lipinski definition) is 2. The van der Waals surface area contributed by atoms with Crippen LogP contribution in [0.2, 0.25) is 0 Å². The lowest BCUT2D eigenvalue weighted by atomic mass is 10.1. The Bertz CT molecular complexity index is 388. The van der Waals surface area contributed by atoms with Gasteiger partial charge in [-0.15, -0.1) is 0 Å². The van der Waals surface area contributed by atoms with Crippen molar-refractivity contribution < 1.29 is 9.47 Å². The van der Waals surface area contributed by atoms with Gasteiger partial charge >= 0.3 is 0 Å². The monoisotopic (exact) mass is 264 g/mol. The van der Waals surface area contributed by atoms with Crippen LogP contribution in [0.4, 0.5) is 0 Å².